The summed E-state index contributed by atoms with van der Waals surface area (Å²) < 4.78 is 54.7. The highest BCUT2D eigenvalue weighted by molar-refractivity contribution is 5.54. The Kier molecular flexibility index (Phi) is 5.68. The van der Waals surface area contributed by atoms with E-state index in [-0.39, 0.29) is 11.9 Å². The van der Waals surface area contributed by atoms with Crippen LogP contribution in [0.1, 0.15) is 30.1 Å². The van der Waals surface area contributed by atoms with E-state index < -0.39 is 11.7 Å². The lowest BCUT2D eigenvalue weighted by molar-refractivity contribution is -0.137. The topological polar surface area (TPSA) is 64.5 Å². The minimum atomic E-state index is -4.38. The molecule has 3 aromatic rings. The van der Waals surface area contributed by atoms with Crippen LogP contribution in [-0.4, -0.2) is 34.3 Å². The summed E-state index contributed by atoms with van der Waals surface area (Å²) >= 11 is 0. The number of halogens is 3. The van der Waals surface area contributed by atoms with Crippen molar-refractivity contribution in [1.29, 1.82) is 0 Å². The Morgan fingerprint density at radius 1 is 1.10 bits per heavy atom. The highest BCUT2D eigenvalue weighted by Gasteiger charge is 2.30. The van der Waals surface area contributed by atoms with Gasteiger partial charge in [0.1, 0.15) is 5.76 Å². The fourth-order valence-electron chi connectivity index (χ4n) is 3.32. The minimum Gasteiger partial charge on any atom is -0.468 e. The van der Waals surface area contributed by atoms with Gasteiger partial charge in [0.25, 0.3) is 0 Å². The van der Waals surface area contributed by atoms with Gasteiger partial charge in [0.2, 0.25) is 11.7 Å². The summed E-state index contributed by atoms with van der Waals surface area (Å²) in [4.78, 5) is 6.44. The van der Waals surface area contributed by atoms with Crippen LogP contribution in [0.25, 0.3) is 11.4 Å². The van der Waals surface area contributed by atoms with E-state index in [1.54, 1.807) is 6.26 Å². The lowest BCUT2D eigenvalue weighted by atomic mass is 10.1. The molecule has 2 aromatic heterocycles. The largest absolute Gasteiger partial charge is 0.468 e. The van der Waals surface area contributed by atoms with Crippen LogP contribution in [0.15, 0.2) is 51.6 Å². The summed E-state index contributed by atoms with van der Waals surface area (Å²) in [5, 5.41) is 3.91. The summed E-state index contributed by atoms with van der Waals surface area (Å²) in [5.74, 6) is 1.44. The molecule has 1 fully saturated rings. The summed E-state index contributed by atoms with van der Waals surface area (Å²) in [7, 11) is 0. The SMILES string of the molecule is FC(F)(F)c1ccc(-c2noc(CN(Cc3ccco3)CC3CCCO3)n2)cc1. The molecule has 1 aromatic carbocycles. The molecule has 3 heterocycles. The fourth-order valence-corrected chi connectivity index (χ4v) is 3.32. The molecule has 6 nitrogen and oxygen atoms in total. The molecule has 1 saturated heterocycles. The quantitative estimate of drug-likeness (QED) is 0.573. The first-order valence-electron chi connectivity index (χ1n) is 9.34. The van der Waals surface area contributed by atoms with Crippen molar-refractivity contribution in [2.75, 3.05) is 13.2 Å². The average Bonchev–Trinajstić information content (AvgIpc) is 3.44. The normalized spacial score (nSPS) is 17.3. The van der Waals surface area contributed by atoms with Crippen LogP contribution in [0.4, 0.5) is 13.2 Å². The van der Waals surface area contributed by atoms with E-state index in [0.717, 1.165) is 37.3 Å². The van der Waals surface area contributed by atoms with Gasteiger partial charge in [0.15, 0.2) is 0 Å². The molecular weight excluding hydrogens is 387 g/mol. The second kappa shape index (κ2) is 8.38. The van der Waals surface area contributed by atoms with Gasteiger partial charge < -0.3 is 13.7 Å². The third kappa shape index (κ3) is 5.04. The Morgan fingerprint density at radius 2 is 1.93 bits per heavy atom. The van der Waals surface area contributed by atoms with Crippen LogP contribution >= 0.6 is 0 Å². The molecule has 1 atom stereocenters. The summed E-state index contributed by atoms with van der Waals surface area (Å²) in [6, 6.07) is 8.41. The molecule has 1 aliphatic heterocycles. The van der Waals surface area contributed by atoms with Gasteiger partial charge >= 0.3 is 6.18 Å². The predicted molar refractivity (Wildman–Crippen MR) is 96.5 cm³/mol. The van der Waals surface area contributed by atoms with Gasteiger partial charge in [-0.1, -0.05) is 17.3 Å². The molecule has 0 radical (unpaired) electrons. The lowest BCUT2D eigenvalue weighted by Crippen LogP contribution is -2.31. The van der Waals surface area contributed by atoms with Gasteiger partial charge in [-0.2, -0.15) is 18.2 Å². The average molecular weight is 407 g/mol. The van der Waals surface area contributed by atoms with Gasteiger partial charge in [-0.05, 0) is 37.1 Å². The van der Waals surface area contributed by atoms with E-state index >= 15 is 0 Å². The standard InChI is InChI=1S/C20H20F3N3O3/c21-20(22,23)15-7-5-14(6-8-15)19-24-18(29-25-19)13-26(11-16-3-1-9-27-16)12-17-4-2-10-28-17/h1,3,5-9,17H,2,4,10-13H2. The molecule has 1 unspecified atom stereocenters. The molecule has 29 heavy (non-hydrogen) atoms. The molecule has 154 valence electrons. The van der Waals surface area contributed by atoms with Crippen LogP contribution in [0.5, 0.6) is 0 Å². The molecule has 4 rings (SSSR count). The van der Waals surface area contributed by atoms with E-state index in [4.69, 9.17) is 13.7 Å². The fraction of sp³-hybridized carbons (Fsp3) is 0.400. The zero-order valence-electron chi connectivity index (χ0n) is 15.6. The zero-order chi connectivity index (χ0) is 20.3. The predicted octanol–water partition coefficient (Wildman–Crippen LogP) is 4.53. The molecule has 0 saturated carbocycles. The molecule has 0 spiro atoms. The molecule has 0 amide bonds. The number of benzene rings is 1. The Hall–Kier alpha value is -2.65. The van der Waals surface area contributed by atoms with Crippen LogP contribution in [-0.2, 0) is 24.0 Å². The Bertz CT molecular complexity index is 901. The summed E-state index contributed by atoms with van der Waals surface area (Å²) in [6.45, 7) is 2.40. The maximum absolute atomic E-state index is 12.7. The molecule has 0 aliphatic carbocycles. The Labute approximate surface area is 165 Å². The van der Waals surface area contributed by atoms with E-state index in [1.807, 2.05) is 12.1 Å². The van der Waals surface area contributed by atoms with Gasteiger partial charge in [-0.15, -0.1) is 0 Å². The highest BCUT2D eigenvalue weighted by atomic mass is 19.4. The maximum atomic E-state index is 12.7. The van der Waals surface area contributed by atoms with Gasteiger partial charge in [0, 0.05) is 18.7 Å². The molecule has 0 bridgehead atoms. The zero-order valence-corrected chi connectivity index (χ0v) is 15.6. The number of furan rings is 1. The van der Waals surface area contributed by atoms with Crippen molar-refractivity contribution in [3.05, 3.63) is 59.9 Å². The maximum Gasteiger partial charge on any atom is 0.416 e. The van der Waals surface area contributed by atoms with Gasteiger partial charge in [0.05, 0.1) is 31.0 Å². The van der Waals surface area contributed by atoms with E-state index in [2.05, 4.69) is 15.0 Å². The first-order chi connectivity index (χ1) is 14.0. The molecule has 0 N–H and O–H groups in total. The summed E-state index contributed by atoms with van der Waals surface area (Å²) in [6.07, 6.45) is -0.583. The number of rotatable bonds is 7. The van der Waals surface area contributed by atoms with E-state index in [0.29, 0.717) is 31.1 Å². The van der Waals surface area contributed by atoms with Crippen LogP contribution < -0.4 is 0 Å². The number of alkyl halides is 3. The van der Waals surface area contributed by atoms with Crippen molar-refractivity contribution in [2.24, 2.45) is 0 Å². The third-order valence-corrected chi connectivity index (χ3v) is 4.74. The Morgan fingerprint density at radius 3 is 2.59 bits per heavy atom. The minimum absolute atomic E-state index is 0.141. The van der Waals surface area contributed by atoms with Crippen molar-refractivity contribution < 1.29 is 26.8 Å². The van der Waals surface area contributed by atoms with Crippen molar-refractivity contribution in [2.45, 2.75) is 38.2 Å². The second-order valence-electron chi connectivity index (χ2n) is 6.97. The van der Waals surface area contributed by atoms with Crippen LogP contribution in [0.2, 0.25) is 0 Å². The first kappa shape index (κ1) is 19.7. The number of nitrogens with zero attached hydrogens (tertiary/aromatic N) is 3. The van der Waals surface area contributed by atoms with Crippen molar-refractivity contribution in [3.8, 4) is 11.4 Å². The highest BCUT2D eigenvalue weighted by Crippen LogP contribution is 2.30. The number of hydrogen-bond acceptors (Lipinski definition) is 6. The summed E-state index contributed by atoms with van der Waals surface area (Å²) in [5.41, 5.74) is -0.254. The monoisotopic (exact) mass is 407 g/mol. The van der Waals surface area contributed by atoms with Crippen molar-refractivity contribution in [3.63, 3.8) is 0 Å². The van der Waals surface area contributed by atoms with Crippen LogP contribution in [0, 0.1) is 0 Å². The second-order valence-corrected chi connectivity index (χ2v) is 6.97. The number of aromatic nitrogens is 2. The van der Waals surface area contributed by atoms with Crippen molar-refractivity contribution in [1.82, 2.24) is 15.0 Å². The Balaban J connectivity index is 1.46. The van der Waals surface area contributed by atoms with E-state index in [9.17, 15) is 13.2 Å². The van der Waals surface area contributed by atoms with Gasteiger partial charge in [-0.25, -0.2) is 0 Å². The van der Waals surface area contributed by atoms with Gasteiger partial charge in [-0.3, -0.25) is 4.90 Å². The third-order valence-electron chi connectivity index (χ3n) is 4.74. The van der Waals surface area contributed by atoms with E-state index in [1.165, 1.54) is 12.1 Å². The number of ether oxygens (including phenoxy) is 1. The first-order valence-corrected chi connectivity index (χ1v) is 9.34. The van der Waals surface area contributed by atoms with Crippen LogP contribution in [0.3, 0.4) is 0 Å². The molecular formula is C20H20F3N3O3. The lowest BCUT2D eigenvalue weighted by Gasteiger charge is -2.22. The smallest absolute Gasteiger partial charge is 0.416 e. The van der Waals surface area contributed by atoms with Crippen molar-refractivity contribution >= 4 is 0 Å². The molecule has 9 heteroatoms. The molecule has 1 aliphatic rings. The number of hydrogen-bond donors (Lipinski definition) is 0.